The van der Waals surface area contributed by atoms with Gasteiger partial charge in [0.25, 0.3) is 0 Å². The lowest BCUT2D eigenvalue weighted by molar-refractivity contribution is 0.277. The van der Waals surface area contributed by atoms with Crippen molar-refractivity contribution in [3.8, 4) is 5.75 Å². The molecule has 0 radical (unpaired) electrons. The average Bonchev–Trinajstić information content (AvgIpc) is 2.65. The van der Waals surface area contributed by atoms with E-state index in [1.165, 1.54) is 12.8 Å². The largest absolute Gasteiger partial charge is 0.492 e. The molecular formula is C11H13Cl2NO. The van der Waals surface area contributed by atoms with Crippen molar-refractivity contribution in [2.75, 3.05) is 13.2 Å². The fourth-order valence-electron chi connectivity index (χ4n) is 1.71. The Kier molecular flexibility index (Phi) is 3.73. The van der Waals surface area contributed by atoms with Crippen LogP contribution < -0.4 is 10.1 Å². The predicted molar refractivity (Wildman–Crippen MR) is 63.0 cm³/mol. The topological polar surface area (TPSA) is 21.3 Å². The number of benzene rings is 1. The number of halogens is 2. The zero-order valence-electron chi connectivity index (χ0n) is 8.30. The third-order valence-electron chi connectivity index (χ3n) is 2.45. The molecule has 1 aliphatic heterocycles. The number of hydrogen-bond acceptors (Lipinski definition) is 2. The molecule has 1 fully saturated rings. The molecule has 1 atom stereocenters. The molecule has 1 aromatic carbocycles. The Bertz CT molecular complexity index is 317. The fourth-order valence-corrected chi connectivity index (χ4v) is 2.21. The summed E-state index contributed by atoms with van der Waals surface area (Å²) in [6, 6.07) is 5.72. The predicted octanol–water partition coefficient (Wildman–Crippen LogP) is 3.12. The van der Waals surface area contributed by atoms with E-state index in [2.05, 4.69) is 5.32 Å². The summed E-state index contributed by atoms with van der Waals surface area (Å²) in [5.74, 6) is 0.737. The van der Waals surface area contributed by atoms with E-state index in [1.54, 1.807) is 18.2 Å². The van der Waals surface area contributed by atoms with Gasteiger partial charge in [-0.05, 0) is 37.6 Å². The number of ether oxygens (including phenoxy) is 1. The summed E-state index contributed by atoms with van der Waals surface area (Å²) in [6.07, 6.45) is 2.40. The van der Waals surface area contributed by atoms with Gasteiger partial charge < -0.3 is 10.1 Å². The Hall–Kier alpha value is -0.440. The van der Waals surface area contributed by atoms with E-state index in [9.17, 15) is 0 Å². The minimum absolute atomic E-state index is 0.461. The highest BCUT2D eigenvalue weighted by molar-refractivity contribution is 6.34. The normalized spacial score (nSPS) is 20.5. The first kappa shape index (κ1) is 11.1. The van der Waals surface area contributed by atoms with Crippen molar-refractivity contribution in [1.82, 2.24) is 5.32 Å². The molecule has 0 aromatic heterocycles. The van der Waals surface area contributed by atoms with Gasteiger partial charge in [-0.2, -0.15) is 0 Å². The second-order valence-corrected chi connectivity index (χ2v) is 4.58. The van der Waals surface area contributed by atoms with Crippen LogP contribution in [0.5, 0.6) is 5.75 Å². The molecule has 1 heterocycles. The third kappa shape index (κ3) is 3.26. The zero-order chi connectivity index (χ0) is 10.7. The highest BCUT2D eigenvalue weighted by Gasteiger charge is 2.14. The Labute approximate surface area is 99.5 Å². The minimum atomic E-state index is 0.461. The van der Waals surface area contributed by atoms with Crippen molar-refractivity contribution in [3.05, 3.63) is 28.2 Å². The van der Waals surface area contributed by atoms with Crippen molar-refractivity contribution >= 4 is 23.2 Å². The molecule has 0 bridgehead atoms. The maximum Gasteiger partial charge on any atom is 0.122 e. The van der Waals surface area contributed by atoms with Gasteiger partial charge in [0.2, 0.25) is 0 Å². The average molecular weight is 246 g/mol. The molecule has 82 valence electrons. The van der Waals surface area contributed by atoms with Crippen molar-refractivity contribution in [3.63, 3.8) is 0 Å². The highest BCUT2D eigenvalue weighted by atomic mass is 35.5. The van der Waals surface area contributed by atoms with Crippen LogP contribution in [0.2, 0.25) is 10.0 Å². The van der Waals surface area contributed by atoms with E-state index in [0.29, 0.717) is 22.7 Å². The van der Waals surface area contributed by atoms with Crippen LogP contribution in [-0.4, -0.2) is 19.2 Å². The van der Waals surface area contributed by atoms with Crippen molar-refractivity contribution in [1.29, 1.82) is 0 Å². The first-order chi connectivity index (χ1) is 7.24. The van der Waals surface area contributed by atoms with Crippen LogP contribution in [-0.2, 0) is 0 Å². The summed E-state index contributed by atoms with van der Waals surface area (Å²) >= 11 is 11.7. The van der Waals surface area contributed by atoms with Crippen molar-refractivity contribution < 1.29 is 4.74 Å². The monoisotopic (exact) mass is 245 g/mol. The fraction of sp³-hybridized carbons (Fsp3) is 0.455. The van der Waals surface area contributed by atoms with Gasteiger partial charge in [-0.25, -0.2) is 0 Å². The summed E-state index contributed by atoms with van der Waals surface area (Å²) in [6.45, 7) is 1.76. The minimum Gasteiger partial charge on any atom is -0.492 e. The Morgan fingerprint density at radius 1 is 1.27 bits per heavy atom. The summed E-state index contributed by atoms with van der Waals surface area (Å²) in [4.78, 5) is 0. The van der Waals surface area contributed by atoms with Crippen LogP contribution >= 0.6 is 23.2 Å². The second-order valence-electron chi connectivity index (χ2n) is 3.71. The van der Waals surface area contributed by atoms with Crippen LogP contribution in [0.3, 0.4) is 0 Å². The van der Waals surface area contributed by atoms with Crippen molar-refractivity contribution in [2.45, 2.75) is 18.9 Å². The van der Waals surface area contributed by atoms with E-state index in [-0.39, 0.29) is 0 Å². The molecule has 15 heavy (non-hydrogen) atoms. The molecule has 1 aromatic rings. The van der Waals surface area contributed by atoms with E-state index in [0.717, 1.165) is 12.3 Å². The molecule has 0 amide bonds. The highest BCUT2D eigenvalue weighted by Crippen LogP contribution is 2.24. The summed E-state index contributed by atoms with van der Waals surface area (Å²) in [5, 5.41) is 4.58. The molecule has 0 aliphatic carbocycles. The molecule has 1 N–H and O–H groups in total. The quantitative estimate of drug-likeness (QED) is 0.884. The molecular weight excluding hydrogens is 233 g/mol. The van der Waals surface area contributed by atoms with Gasteiger partial charge in [0.15, 0.2) is 0 Å². The van der Waals surface area contributed by atoms with Gasteiger partial charge in [0.1, 0.15) is 12.4 Å². The maximum atomic E-state index is 5.87. The molecule has 0 unspecified atom stereocenters. The lowest BCUT2D eigenvalue weighted by Gasteiger charge is -2.12. The molecule has 1 saturated heterocycles. The molecule has 1 aliphatic rings. The maximum absolute atomic E-state index is 5.87. The molecule has 0 saturated carbocycles. The zero-order valence-corrected chi connectivity index (χ0v) is 9.81. The van der Waals surface area contributed by atoms with E-state index in [1.807, 2.05) is 0 Å². The molecule has 2 nitrogen and oxygen atoms in total. The Morgan fingerprint density at radius 3 is 2.60 bits per heavy atom. The lowest BCUT2D eigenvalue weighted by atomic mass is 10.2. The second kappa shape index (κ2) is 5.06. The van der Waals surface area contributed by atoms with Gasteiger partial charge >= 0.3 is 0 Å². The summed E-state index contributed by atoms with van der Waals surface area (Å²) in [7, 11) is 0. The smallest absolute Gasteiger partial charge is 0.122 e. The lowest BCUT2D eigenvalue weighted by Crippen LogP contribution is -2.28. The van der Waals surface area contributed by atoms with Gasteiger partial charge in [-0.3, -0.25) is 0 Å². The van der Waals surface area contributed by atoms with Crippen LogP contribution in [0.4, 0.5) is 0 Å². The third-order valence-corrected chi connectivity index (χ3v) is 2.89. The van der Waals surface area contributed by atoms with Gasteiger partial charge in [0.05, 0.1) is 0 Å². The SMILES string of the molecule is Clc1cc(Cl)cc(OC[C@H]2CCCN2)c1. The number of rotatable bonds is 3. The first-order valence-corrected chi connectivity index (χ1v) is 5.82. The molecule has 2 rings (SSSR count). The van der Waals surface area contributed by atoms with E-state index >= 15 is 0 Å². The van der Waals surface area contributed by atoms with Gasteiger partial charge in [-0.1, -0.05) is 23.2 Å². The van der Waals surface area contributed by atoms with Gasteiger partial charge in [-0.15, -0.1) is 0 Å². The van der Waals surface area contributed by atoms with Crippen LogP contribution in [0.15, 0.2) is 18.2 Å². The molecule has 4 heteroatoms. The number of nitrogens with one attached hydrogen (secondary N) is 1. The van der Waals surface area contributed by atoms with Gasteiger partial charge in [0, 0.05) is 16.1 Å². The Morgan fingerprint density at radius 2 is 2.00 bits per heavy atom. The first-order valence-electron chi connectivity index (χ1n) is 5.06. The summed E-state index contributed by atoms with van der Waals surface area (Å²) < 4.78 is 5.62. The summed E-state index contributed by atoms with van der Waals surface area (Å²) in [5.41, 5.74) is 0. The number of hydrogen-bond donors (Lipinski definition) is 1. The standard InChI is InChI=1S/C11H13Cl2NO/c12-8-4-9(13)6-11(5-8)15-7-10-2-1-3-14-10/h4-6,10,14H,1-3,7H2/t10-/m1/s1. The van der Waals surface area contributed by atoms with E-state index < -0.39 is 0 Å². The van der Waals surface area contributed by atoms with E-state index in [4.69, 9.17) is 27.9 Å². The van der Waals surface area contributed by atoms with Crippen LogP contribution in [0.1, 0.15) is 12.8 Å². The van der Waals surface area contributed by atoms with Crippen LogP contribution in [0, 0.1) is 0 Å². The molecule has 0 spiro atoms. The van der Waals surface area contributed by atoms with Crippen LogP contribution in [0.25, 0.3) is 0 Å². The van der Waals surface area contributed by atoms with Crippen molar-refractivity contribution in [2.24, 2.45) is 0 Å². The Balaban J connectivity index is 1.92.